The first-order valence-electron chi connectivity index (χ1n) is 6.41. The van der Waals surface area contributed by atoms with Crippen molar-refractivity contribution in [1.82, 2.24) is 4.98 Å². The van der Waals surface area contributed by atoms with Crippen LogP contribution in [0.2, 0.25) is 0 Å². The number of nitrogens with one attached hydrogen (secondary N) is 1. The van der Waals surface area contributed by atoms with Crippen molar-refractivity contribution in [1.29, 1.82) is 5.41 Å². The first-order chi connectivity index (χ1) is 9.56. The van der Waals surface area contributed by atoms with Crippen LogP contribution < -0.4 is 10.6 Å². The Bertz CT molecular complexity index is 663. The van der Waals surface area contributed by atoms with Gasteiger partial charge in [0.25, 0.3) is 0 Å². The zero-order valence-electron chi connectivity index (χ0n) is 10.8. The van der Waals surface area contributed by atoms with Gasteiger partial charge < -0.3 is 20.8 Å². The molecule has 2 unspecified atom stereocenters. The van der Waals surface area contributed by atoms with E-state index < -0.39 is 12.2 Å². The summed E-state index contributed by atoms with van der Waals surface area (Å²) in [6.07, 6.45) is -1.61. The smallest absolute Gasteiger partial charge is 0.140 e. The van der Waals surface area contributed by atoms with Gasteiger partial charge in [-0.15, -0.1) is 0 Å². The van der Waals surface area contributed by atoms with Gasteiger partial charge in [0.2, 0.25) is 0 Å². The molecule has 0 amide bonds. The molecule has 1 aliphatic heterocycles. The molecule has 3 rings (SSSR count). The topological polar surface area (TPSA) is 106 Å². The highest BCUT2D eigenvalue weighted by Crippen LogP contribution is 2.26. The Kier molecular flexibility index (Phi) is 3.04. The minimum atomic E-state index is -0.803. The lowest BCUT2D eigenvalue weighted by molar-refractivity contribution is 0.0572. The van der Waals surface area contributed by atoms with Crippen molar-refractivity contribution in [2.75, 3.05) is 18.0 Å². The Labute approximate surface area is 116 Å². The number of aromatic nitrogens is 1. The monoisotopic (exact) mass is 272 g/mol. The zero-order valence-corrected chi connectivity index (χ0v) is 10.8. The van der Waals surface area contributed by atoms with Crippen LogP contribution in [0.5, 0.6) is 0 Å². The number of nitrogens with zero attached hydrogens (tertiary/aromatic N) is 2. The van der Waals surface area contributed by atoms with Crippen LogP contribution in [0.25, 0.3) is 10.9 Å². The van der Waals surface area contributed by atoms with Gasteiger partial charge in [0.1, 0.15) is 11.7 Å². The highest BCUT2D eigenvalue weighted by molar-refractivity contribution is 6.03. The fraction of sp³-hybridized carbons (Fsp3) is 0.286. The van der Waals surface area contributed by atoms with E-state index in [1.54, 1.807) is 4.90 Å². The van der Waals surface area contributed by atoms with Crippen molar-refractivity contribution in [2.24, 2.45) is 5.73 Å². The molecule has 1 aromatic heterocycles. The van der Waals surface area contributed by atoms with E-state index in [9.17, 15) is 10.2 Å². The van der Waals surface area contributed by atoms with Crippen molar-refractivity contribution in [3.63, 3.8) is 0 Å². The lowest BCUT2D eigenvalue weighted by atomic mass is 10.1. The first-order valence-corrected chi connectivity index (χ1v) is 6.41. The van der Waals surface area contributed by atoms with Gasteiger partial charge in [-0.3, -0.25) is 5.41 Å². The van der Waals surface area contributed by atoms with Gasteiger partial charge in [-0.2, -0.15) is 0 Å². The molecule has 0 saturated carbocycles. The molecule has 104 valence electrons. The SMILES string of the molecule is N=C(N)c1cc2ccccc2nc1N1CC(O)C(O)C1. The number of rotatable bonds is 2. The molecule has 1 saturated heterocycles. The maximum Gasteiger partial charge on any atom is 0.140 e. The molecule has 2 heterocycles. The molecule has 1 fully saturated rings. The number of pyridine rings is 1. The summed E-state index contributed by atoms with van der Waals surface area (Å²) in [4.78, 5) is 6.29. The summed E-state index contributed by atoms with van der Waals surface area (Å²) in [5.41, 5.74) is 6.95. The summed E-state index contributed by atoms with van der Waals surface area (Å²) in [5, 5.41) is 27.9. The van der Waals surface area contributed by atoms with Crippen LogP contribution in [0.15, 0.2) is 30.3 Å². The van der Waals surface area contributed by atoms with Crippen molar-refractivity contribution in [3.8, 4) is 0 Å². The predicted octanol–water partition coefficient (Wildman–Crippen LogP) is 0.0607. The standard InChI is InChI=1S/C14H16N4O2/c15-13(16)9-5-8-3-1-2-4-10(8)17-14(9)18-6-11(19)12(20)7-18/h1-5,11-12,19-20H,6-7H2,(H3,15,16). The summed E-state index contributed by atoms with van der Waals surface area (Å²) in [6.45, 7) is 0.569. The van der Waals surface area contributed by atoms with E-state index in [0.29, 0.717) is 11.4 Å². The Hall–Kier alpha value is -2.18. The van der Waals surface area contributed by atoms with E-state index in [2.05, 4.69) is 4.98 Å². The van der Waals surface area contributed by atoms with E-state index >= 15 is 0 Å². The minimum Gasteiger partial charge on any atom is -0.389 e. The Morgan fingerprint density at radius 1 is 1.25 bits per heavy atom. The van der Waals surface area contributed by atoms with E-state index in [-0.39, 0.29) is 18.9 Å². The van der Waals surface area contributed by atoms with E-state index in [4.69, 9.17) is 11.1 Å². The summed E-state index contributed by atoms with van der Waals surface area (Å²) in [5.74, 6) is 0.459. The highest BCUT2D eigenvalue weighted by atomic mass is 16.3. The number of para-hydroxylation sites is 1. The number of nitrogens with two attached hydrogens (primary N) is 1. The fourth-order valence-electron chi connectivity index (χ4n) is 2.49. The number of benzene rings is 1. The average Bonchev–Trinajstić information content (AvgIpc) is 2.77. The third-order valence-corrected chi connectivity index (χ3v) is 3.55. The van der Waals surface area contributed by atoms with Crippen LogP contribution in [-0.2, 0) is 0 Å². The molecule has 5 N–H and O–H groups in total. The molecule has 1 aromatic carbocycles. The van der Waals surface area contributed by atoms with E-state index in [0.717, 1.165) is 10.9 Å². The van der Waals surface area contributed by atoms with Crippen LogP contribution in [0.4, 0.5) is 5.82 Å². The molecule has 2 atom stereocenters. The van der Waals surface area contributed by atoms with Crippen LogP contribution in [0, 0.1) is 5.41 Å². The maximum atomic E-state index is 9.67. The quantitative estimate of drug-likeness (QED) is 0.457. The van der Waals surface area contributed by atoms with E-state index in [1.807, 2.05) is 30.3 Å². The first kappa shape index (κ1) is 12.8. The molecule has 6 nitrogen and oxygen atoms in total. The Morgan fingerprint density at radius 2 is 1.90 bits per heavy atom. The number of fused-ring (bicyclic) bond motifs is 1. The van der Waals surface area contributed by atoms with Crippen molar-refractivity contribution < 1.29 is 10.2 Å². The van der Waals surface area contributed by atoms with Crippen molar-refractivity contribution >= 4 is 22.6 Å². The molecule has 0 radical (unpaired) electrons. The number of nitrogen functional groups attached to an aromatic ring is 1. The Balaban J connectivity index is 2.13. The second-order valence-electron chi connectivity index (χ2n) is 5.01. The maximum absolute atomic E-state index is 9.67. The zero-order chi connectivity index (χ0) is 14.3. The van der Waals surface area contributed by atoms with Gasteiger partial charge in [0.05, 0.1) is 23.3 Å². The second kappa shape index (κ2) is 4.73. The third kappa shape index (κ3) is 2.09. The molecule has 0 spiro atoms. The molecule has 0 aliphatic carbocycles. The molecule has 20 heavy (non-hydrogen) atoms. The molecular weight excluding hydrogens is 256 g/mol. The summed E-state index contributed by atoms with van der Waals surface area (Å²) in [6, 6.07) is 9.40. The number of anilines is 1. The second-order valence-corrected chi connectivity index (χ2v) is 5.01. The van der Waals surface area contributed by atoms with E-state index in [1.165, 1.54) is 0 Å². The number of hydrogen-bond donors (Lipinski definition) is 4. The van der Waals surface area contributed by atoms with Gasteiger partial charge in [0, 0.05) is 18.5 Å². The van der Waals surface area contributed by atoms with Crippen molar-refractivity contribution in [2.45, 2.75) is 12.2 Å². The van der Waals surface area contributed by atoms with Gasteiger partial charge >= 0.3 is 0 Å². The fourth-order valence-corrected chi connectivity index (χ4v) is 2.49. The van der Waals surface area contributed by atoms with Gasteiger partial charge in [-0.25, -0.2) is 4.98 Å². The lowest BCUT2D eigenvalue weighted by Crippen LogP contribution is -2.26. The van der Waals surface area contributed by atoms with Crippen LogP contribution in [-0.4, -0.2) is 46.3 Å². The largest absolute Gasteiger partial charge is 0.389 e. The number of β-amino-alcohol motifs (C(OH)–C–C–N with tert-alkyl or cyclic N) is 2. The molecule has 6 heteroatoms. The van der Waals surface area contributed by atoms with Crippen LogP contribution >= 0.6 is 0 Å². The number of amidine groups is 1. The summed E-state index contributed by atoms with van der Waals surface area (Å²) in [7, 11) is 0. The number of hydrogen-bond acceptors (Lipinski definition) is 5. The normalized spacial score (nSPS) is 22.4. The number of aliphatic hydroxyl groups excluding tert-OH is 2. The van der Waals surface area contributed by atoms with Gasteiger partial charge in [0.15, 0.2) is 0 Å². The summed E-state index contributed by atoms with van der Waals surface area (Å²) >= 11 is 0. The van der Waals surface area contributed by atoms with Crippen LogP contribution in [0.1, 0.15) is 5.56 Å². The molecule has 0 bridgehead atoms. The highest BCUT2D eigenvalue weighted by Gasteiger charge is 2.32. The van der Waals surface area contributed by atoms with Crippen LogP contribution in [0.3, 0.4) is 0 Å². The minimum absolute atomic E-state index is 0.0749. The third-order valence-electron chi connectivity index (χ3n) is 3.55. The lowest BCUT2D eigenvalue weighted by Gasteiger charge is -2.20. The van der Waals surface area contributed by atoms with Gasteiger partial charge in [-0.05, 0) is 12.1 Å². The Morgan fingerprint density at radius 3 is 2.55 bits per heavy atom. The molecule has 1 aliphatic rings. The molecular formula is C14H16N4O2. The summed E-state index contributed by atoms with van der Waals surface area (Å²) < 4.78 is 0. The molecule has 2 aromatic rings. The average molecular weight is 272 g/mol. The van der Waals surface area contributed by atoms with Gasteiger partial charge in [-0.1, -0.05) is 18.2 Å². The van der Waals surface area contributed by atoms with Crippen molar-refractivity contribution in [3.05, 3.63) is 35.9 Å². The number of aliphatic hydroxyl groups is 2. The predicted molar refractivity (Wildman–Crippen MR) is 77.0 cm³/mol.